The summed E-state index contributed by atoms with van der Waals surface area (Å²) >= 11 is 0. The number of methoxy groups -OCH3 is 1. The Morgan fingerprint density at radius 3 is 2.62 bits per heavy atom. The maximum absolute atomic E-state index is 9.42. The average molecular weight is 234 g/mol. The zero-order chi connectivity index (χ0) is 12.4. The van der Waals surface area contributed by atoms with Crippen LogP contribution in [0, 0.1) is 0 Å². The van der Waals surface area contributed by atoms with Crippen LogP contribution >= 0.6 is 0 Å². The highest BCUT2D eigenvalue weighted by molar-refractivity contribution is 4.82. The lowest BCUT2D eigenvalue weighted by Gasteiger charge is -2.20. The first-order valence-electron chi connectivity index (χ1n) is 5.27. The van der Waals surface area contributed by atoms with Gasteiger partial charge in [-0.05, 0) is 19.9 Å². The maximum atomic E-state index is 9.42. The lowest BCUT2D eigenvalue weighted by atomic mass is 10.3. The van der Waals surface area contributed by atoms with Gasteiger partial charge in [0.15, 0.2) is 12.1 Å². The SMILES string of the molecule is C=CC(C)(O)OCCOCC(OC)OCC. The Morgan fingerprint density at radius 2 is 2.12 bits per heavy atom. The van der Waals surface area contributed by atoms with Crippen LogP contribution in [0.1, 0.15) is 13.8 Å². The minimum atomic E-state index is -1.30. The van der Waals surface area contributed by atoms with Gasteiger partial charge in [0.2, 0.25) is 0 Å². The normalized spacial score (nSPS) is 16.8. The molecular weight excluding hydrogens is 212 g/mol. The molecule has 0 aliphatic heterocycles. The average Bonchev–Trinajstić information content (AvgIpc) is 2.27. The Labute approximate surface area is 96.9 Å². The second-order valence-electron chi connectivity index (χ2n) is 3.30. The van der Waals surface area contributed by atoms with Crippen LogP contribution in [0.15, 0.2) is 12.7 Å². The molecule has 0 fully saturated rings. The van der Waals surface area contributed by atoms with Gasteiger partial charge in [-0.3, -0.25) is 0 Å². The van der Waals surface area contributed by atoms with Crippen molar-refractivity contribution < 1.29 is 24.1 Å². The van der Waals surface area contributed by atoms with Crippen molar-refractivity contribution in [2.24, 2.45) is 0 Å². The Morgan fingerprint density at radius 1 is 1.44 bits per heavy atom. The fraction of sp³-hybridized carbons (Fsp3) is 0.818. The molecule has 0 aromatic carbocycles. The van der Waals surface area contributed by atoms with Crippen molar-refractivity contribution in [3.05, 3.63) is 12.7 Å². The molecule has 0 aliphatic rings. The minimum Gasteiger partial charge on any atom is -0.374 e. The van der Waals surface area contributed by atoms with Crippen LogP contribution in [-0.4, -0.2) is 50.7 Å². The quantitative estimate of drug-likeness (QED) is 0.346. The molecule has 16 heavy (non-hydrogen) atoms. The number of ether oxygens (including phenoxy) is 4. The van der Waals surface area contributed by atoms with Gasteiger partial charge < -0.3 is 24.1 Å². The van der Waals surface area contributed by atoms with Crippen LogP contribution in [0.2, 0.25) is 0 Å². The van der Waals surface area contributed by atoms with Crippen molar-refractivity contribution in [1.82, 2.24) is 0 Å². The predicted molar refractivity (Wildman–Crippen MR) is 60.0 cm³/mol. The van der Waals surface area contributed by atoms with Crippen LogP contribution in [0.25, 0.3) is 0 Å². The molecule has 0 amide bonds. The third-order valence-electron chi connectivity index (χ3n) is 1.87. The zero-order valence-corrected chi connectivity index (χ0v) is 10.3. The van der Waals surface area contributed by atoms with E-state index in [4.69, 9.17) is 18.9 Å². The Hall–Kier alpha value is -0.460. The van der Waals surface area contributed by atoms with E-state index in [1.54, 1.807) is 7.11 Å². The molecule has 0 rings (SSSR count). The molecule has 0 spiro atoms. The van der Waals surface area contributed by atoms with Crippen LogP contribution in [0.4, 0.5) is 0 Å². The standard InChI is InChI=1S/C11H22O5/c1-5-11(3,12)16-8-7-14-9-10(13-4)15-6-2/h5,10,12H,1,6-9H2,2-4H3. The van der Waals surface area contributed by atoms with E-state index in [1.165, 1.54) is 13.0 Å². The summed E-state index contributed by atoms with van der Waals surface area (Å²) in [5.41, 5.74) is 0. The van der Waals surface area contributed by atoms with Crippen molar-refractivity contribution >= 4 is 0 Å². The molecule has 0 saturated carbocycles. The second-order valence-corrected chi connectivity index (χ2v) is 3.30. The van der Waals surface area contributed by atoms with Crippen molar-refractivity contribution in [2.75, 3.05) is 33.5 Å². The predicted octanol–water partition coefficient (Wildman–Crippen LogP) is 0.923. The van der Waals surface area contributed by atoms with E-state index in [2.05, 4.69) is 6.58 Å². The van der Waals surface area contributed by atoms with Gasteiger partial charge >= 0.3 is 0 Å². The Balaban J connectivity index is 3.48. The monoisotopic (exact) mass is 234 g/mol. The molecule has 0 heterocycles. The minimum absolute atomic E-state index is 0.279. The van der Waals surface area contributed by atoms with Crippen molar-refractivity contribution in [2.45, 2.75) is 25.9 Å². The van der Waals surface area contributed by atoms with E-state index >= 15 is 0 Å². The lowest BCUT2D eigenvalue weighted by molar-refractivity contribution is -0.179. The molecule has 5 nitrogen and oxygen atoms in total. The summed E-state index contributed by atoms with van der Waals surface area (Å²) < 4.78 is 20.6. The van der Waals surface area contributed by atoms with Gasteiger partial charge in [0, 0.05) is 13.7 Å². The molecule has 0 radical (unpaired) electrons. The first kappa shape index (κ1) is 15.5. The Kier molecular flexibility index (Phi) is 8.42. The highest BCUT2D eigenvalue weighted by Gasteiger charge is 2.14. The molecule has 96 valence electrons. The summed E-state index contributed by atoms with van der Waals surface area (Å²) in [4.78, 5) is 0. The maximum Gasteiger partial charge on any atom is 0.182 e. The van der Waals surface area contributed by atoms with Crippen LogP contribution in [0.3, 0.4) is 0 Å². The van der Waals surface area contributed by atoms with Gasteiger partial charge in [0.1, 0.15) is 0 Å². The topological polar surface area (TPSA) is 57.2 Å². The fourth-order valence-electron chi connectivity index (χ4n) is 0.916. The van der Waals surface area contributed by atoms with Crippen molar-refractivity contribution in [3.8, 4) is 0 Å². The summed E-state index contributed by atoms with van der Waals surface area (Å²) in [6, 6.07) is 0. The number of hydrogen-bond donors (Lipinski definition) is 1. The summed E-state index contributed by atoms with van der Waals surface area (Å²) in [6.07, 6.45) is 0.968. The summed E-state index contributed by atoms with van der Waals surface area (Å²) in [6.45, 7) is 8.39. The second kappa shape index (κ2) is 8.66. The van der Waals surface area contributed by atoms with E-state index < -0.39 is 5.79 Å². The van der Waals surface area contributed by atoms with E-state index in [1.807, 2.05) is 6.92 Å². The van der Waals surface area contributed by atoms with Gasteiger partial charge in [-0.25, -0.2) is 0 Å². The third-order valence-corrected chi connectivity index (χ3v) is 1.87. The molecule has 2 atom stereocenters. The van der Waals surface area contributed by atoms with Gasteiger partial charge in [0.25, 0.3) is 0 Å². The molecule has 5 heteroatoms. The van der Waals surface area contributed by atoms with E-state index in [0.717, 1.165) is 0 Å². The third kappa shape index (κ3) is 7.78. The summed E-state index contributed by atoms with van der Waals surface area (Å²) in [5, 5.41) is 9.42. The van der Waals surface area contributed by atoms with Gasteiger partial charge in [-0.2, -0.15) is 0 Å². The van der Waals surface area contributed by atoms with E-state index in [0.29, 0.717) is 19.8 Å². The number of rotatable bonds is 10. The Bertz CT molecular complexity index is 181. The molecular formula is C11H22O5. The van der Waals surface area contributed by atoms with Gasteiger partial charge in [0.05, 0.1) is 19.8 Å². The van der Waals surface area contributed by atoms with Gasteiger partial charge in [-0.1, -0.05) is 6.58 Å². The highest BCUT2D eigenvalue weighted by Crippen LogP contribution is 2.05. The van der Waals surface area contributed by atoms with Crippen molar-refractivity contribution in [3.63, 3.8) is 0 Å². The van der Waals surface area contributed by atoms with E-state index in [9.17, 15) is 5.11 Å². The van der Waals surface area contributed by atoms with E-state index in [-0.39, 0.29) is 12.9 Å². The summed E-state index contributed by atoms with van der Waals surface area (Å²) in [5.74, 6) is -1.30. The highest BCUT2D eigenvalue weighted by atomic mass is 16.7. The largest absolute Gasteiger partial charge is 0.374 e. The zero-order valence-electron chi connectivity index (χ0n) is 10.3. The molecule has 0 aromatic heterocycles. The lowest BCUT2D eigenvalue weighted by Crippen LogP contribution is -2.28. The number of hydrogen-bond acceptors (Lipinski definition) is 5. The van der Waals surface area contributed by atoms with Crippen LogP contribution < -0.4 is 0 Å². The first-order valence-corrected chi connectivity index (χ1v) is 5.27. The fourth-order valence-corrected chi connectivity index (χ4v) is 0.916. The molecule has 0 saturated heterocycles. The molecule has 2 unspecified atom stereocenters. The molecule has 0 bridgehead atoms. The number of aliphatic hydroxyl groups is 1. The summed E-state index contributed by atoms with van der Waals surface area (Å²) in [7, 11) is 1.56. The van der Waals surface area contributed by atoms with Crippen LogP contribution in [-0.2, 0) is 18.9 Å². The van der Waals surface area contributed by atoms with Crippen molar-refractivity contribution in [1.29, 1.82) is 0 Å². The first-order chi connectivity index (χ1) is 7.55. The van der Waals surface area contributed by atoms with Gasteiger partial charge in [-0.15, -0.1) is 0 Å². The van der Waals surface area contributed by atoms with Crippen LogP contribution in [0.5, 0.6) is 0 Å². The molecule has 0 aliphatic carbocycles. The smallest absolute Gasteiger partial charge is 0.182 e. The molecule has 1 N–H and O–H groups in total. The molecule has 0 aromatic rings.